The minimum absolute atomic E-state index is 0.0771. The Morgan fingerprint density at radius 3 is 3.04 bits per heavy atom. The first-order chi connectivity index (χ1) is 13.2. The SMILES string of the molecule is CCn1c(CSc2nc3ccccc3s2)nnc1S[C@@H]1CCCCNC1=O. The molecule has 9 heteroatoms. The van der Waals surface area contributed by atoms with Crippen LogP contribution in [0.3, 0.4) is 0 Å². The topological polar surface area (TPSA) is 72.7 Å². The Labute approximate surface area is 170 Å². The van der Waals surface area contributed by atoms with Crippen molar-refractivity contribution in [1.29, 1.82) is 0 Å². The number of amides is 1. The lowest BCUT2D eigenvalue weighted by atomic mass is 10.2. The van der Waals surface area contributed by atoms with Gasteiger partial charge in [-0.1, -0.05) is 42.1 Å². The monoisotopic (exact) mass is 419 g/mol. The summed E-state index contributed by atoms with van der Waals surface area (Å²) in [4.78, 5) is 16.9. The van der Waals surface area contributed by atoms with Crippen molar-refractivity contribution in [2.75, 3.05) is 6.54 Å². The number of nitrogens with one attached hydrogen (secondary N) is 1. The summed E-state index contributed by atoms with van der Waals surface area (Å²) in [5.41, 5.74) is 1.04. The Morgan fingerprint density at radius 2 is 2.19 bits per heavy atom. The molecular formula is C18H21N5OS3. The van der Waals surface area contributed by atoms with E-state index >= 15 is 0 Å². The molecule has 0 saturated carbocycles. The zero-order valence-electron chi connectivity index (χ0n) is 15.1. The van der Waals surface area contributed by atoms with Gasteiger partial charge in [0, 0.05) is 13.1 Å². The number of nitrogens with zero attached hydrogens (tertiary/aromatic N) is 4. The minimum Gasteiger partial charge on any atom is -0.355 e. The molecule has 1 aromatic carbocycles. The van der Waals surface area contributed by atoms with Gasteiger partial charge in [0.05, 0.1) is 21.2 Å². The highest BCUT2D eigenvalue weighted by Crippen LogP contribution is 2.32. The maximum Gasteiger partial charge on any atom is 0.233 e. The van der Waals surface area contributed by atoms with Gasteiger partial charge in [0.25, 0.3) is 0 Å². The van der Waals surface area contributed by atoms with E-state index in [2.05, 4.69) is 38.1 Å². The lowest BCUT2D eigenvalue weighted by Gasteiger charge is -2.13. The number of thioether (sulfide) groups is 2. The first-order valence-electron chi connectivity index (χ1n) is 9.09. The molecule has 0 unspecified atom stereocenters. The molecule has 1 aliphatic heterocycles. The Kier molecular flexibility index (Phi) is 5.99. The fraction of sp³-hybridized carbons (Fsp3) is 0.444. The van der Waals surface area contributed by atoms with Crippen molar-refractivity contribution in [3.05, 3.63) is 30.1 Å². The van der Waals surface area contributed by atoms with E-state index in [9.17, 15) is 4.79 Å². The molecule has 1 atom stereocenters. The van der Waals surface area contributed by atoms with Gasteiger partial charge in [-0.05, 0) is 31.9 Å². The standard InChI is InChI=1S/C18H21N5OS3/c1-2-23-15(11-25-18-20-12-7-3-4-8-13(12)27-18)21-22-17(23)26-14-9-5-6-10-19-16(14)24/h3-4,7-8,14H,2,5-6,9-11H2,1H3,(H,19,24)/t14-/m1/s1. The largest absolute Gasteiger partial charge is 0.355 e. The van der Waals surface area contributed by atoms with Crippen LogP contribution in [0.5, 0.6) is 0 Å². The summed E-state index contributed by atoms with van der Waals surface area (Å²) in [7, 11) is 0. The van der Waals surface area contributed by atoms with Gasteiger partial charge in [-0.2, -0.15) is 0 Å². The minimum atomic E-state index is -0.0771. The lowest BCUT2D eigenvalue weighted by Crippen LogP contribution is -2.30. The number of benzene rings is 1. The second-order valence-electron chi connectivity index (χ2n) is 6.27. The fourth-order valence-electron chi connectivity index (χ4n) is 3.02. The maximum atomic E-state index is 12.2. The number of fused-ring (bicyclic) bond motifs is 1. The number of hydrogen-bond acceptors (Lipinski definition) is 7. The van der Waals surface area contributed by atoms with E-state index in [1.165, 1.54) is 16.5 Å². The molecule has 0 aliphatic carbocycles. The molecule has 142 valence electrons. The summed E-state index contributed by atoms with van der Waals surface area (Å²) < 4.78 is 4.36. The Hall–Kier alpha value is -1.58. The highest BCUT2D eigenvalue weighted by molar-refractivity contribution is 8.00. The lowest BCUT2D eigenvalue weighted by molar-refractivity contribution is -0.120. The van der Waals surface area contributed by atoms with Crippen molar-refractivity contribution < 1.29 is 4.79 Å². The molecule has 2 aromatic heterocycles. The Balaban J connectivity index is 1.46. The van der Waals surface area contributed by atoms with Crippen LogP contribution >= 0.6 is 34.9 Å². The highest BCUT2D eigenvalue weighted by Gasteiger charge is 2.25. The second kappa shape index (κ2) is 8.62. The van der Waals surface area contributed by atoms with Crippen LogP contribution in [0.1, 0.15) is 32.0 Å². The molecule has 1 N–H and O–H groups in total. The van der Waals surface area contributed by atoms with Crippen LogP contribution < -0.4 is 5.32 Å². The van der Waals surface area contributed by atoms with Crippen molar-refractivity contribution in [2.45, 2.75) is 53.2 Å². The maximum absolute atomic E-state index is 12.2. The van der Waals surface area contributed by atoms with Gasteiger partial charge in [0.1, 0.15) is 5.82 Å². The van der Waals surface area contributed by atoms with Gasteiger partial charge in [0.2, 0.25) is 5.91 Å². The van der Waals surface area contributed by atoms with Gasteiger partial charge in [-0.25, -0.2) is 4.98 Å². The van der Waals surface area contributed by atoms with Crippen LogP contribution in [0.4, 0.5) is 0 Å². The van der Waals surface area contributed by atoms with Crippen molar-refractivity contribution in [3.8, 4) is 0 Å². The number of aromatic nitrogens is 4. The highest BCUT2D eigenvalue weighted by atomic mass is 32.2. The first kappa shape index (κ1) is 18.8. The van der Waals surface area contributed by atoms with Gasteiger partial charge in [-0.3, -0.25) is 4.79 Å². The third kappa shape index (κ3) is 4.30. The predicted octanol–water partition coefficient (Wildman–Crippen LogP) is 3.96. The third-order valence-corrected chi connectivity index (χ3v) is 7.86. The van der Waals surface area contributed by atoms with E-state index < -0.39 is 0 Å². The zero-order valence-corrected chi connectivity index (χ0v) is 17.5. The number of rotatable bonds is 6. The average Bonchev–Trinajstić information content (AvgIpc) is 3.21. The summed E-state index contributed by atoms with van der Waals surface area (Å²) in [6, 6.07) is 8.18. The molecule has 1 fully saturated rings. The normalized spacial score (nSPS) is 17.8. The molecular weight excluding hydrogens is 398 g/mol. The summed E-state index contributed by atoms with van der Waals surface area (Å²) in [5, 5.41) is 12.5. The zero-order chi connectivity index (χ0) is 18.6. The number of carbonyl (C=O) groups is 1. The van der Waals surface area contributed by atoms with E-state index in [4.69, 9.17) is 0 Å². The molecule has 3 aromatic rings. The van der Waals surface area contributed by atoms with Crippen LogP contribution in [0.2, 0.25) is 0 Å². The first-order valence-corrected chi connectivity index (χ1v) is 11.8. The van der Waals surface area contributed by atoms with E-state index in [1.807, 2.05) is 18.2 Å². The van der Waals surface area contributed by atoms with Gasteiger partial charge in [-0.15, -0.1) is 21.5 Å². The second-order valence-corrected chi connectivity index (χ2v) is 9.70. The van der Waals surface area contributed by atoms with Crippen LogP contribution in [0.25, 0.3) is 10.2 Å². The summed E-state index contributed by atoms with van der Waals surface area (Å²) >= 11 is 4.93. The molecule has 0 radical (unpaired) electrons. The fourth-order valence-corrected chi connectivity index (χ4v) is 6.21. The molecule has 0 spiro atoms. The van der Waals surface area contributed by atoms with E-state index in [1.54, 1.807) is 23.1 Å². The molecule has 27 heavy (non-hydrogen) atoms. The molecule has 1 aliphatic rings. The Morgan fingerprint density at radius 1 is 1.30 bits per heavy atom. The summed E-state index contributed by atoms with van der Waals surface area (Å²) in [6.45, 7) is 3.66. The summed E-state index contributed by atoms with van der Waals surface area (Å²) in [6.07, 6.45) is 3.01. The van der Waals surface area contributed by atoms with E-state index in [-0.39, 0.29) is 11.2 Å². The number of para-hydroxylation sites is 1. The van der Waals surface area contributed by atoms with Crippen molar-refractivity contribution >= 4 is 51.0 Å². The smallest absolute Gasteiger partial charge is 0.233 e. The molecule has 1 amide bonds. The average molecular weight is 420 g/mol. The van der Waals surface area contributed by atoms with Crippen molar-refractivity contribution in [1.82, 2.24) is 25.1 Å². The van der Waals surface area contributed by atoms with Crippen molar-refractivity contribution in [2.24, 2.45) is 0 Å². The molecule has 3 heterocycles. The van der Waals surface area contributed by atoms with Crippen LogP contribution in [0.15, 0.2) is 33.8 Å². The molecule has 4 rings (SSSR count). The van der Waals surface area contributed by atoms with Gasteiger partial charge >= 0.3 is 0 Å². The molecule has 6 nitrogen and oxygen atoms in total. The predicted molar refractivity (Wildman–Crippen MR) is 111 cm³/mol. The molecule has 0 bridgehead atoms. The number of thiazole rings is 1. The van der Waals surface area contributed by atoms with Gasteiger partial charge in [0.15, 0.2) is 9.50 Å². The van der Waals surface area contributed by atoms with Crippen LogP contribution in [-0.2, 0) is 17.1 Å². The number of hydrogen-bond donors (Lipinski definition) is 1. The van der Waals surface area contributed by atoms with Gasteiger partial charge < -0.3 is 9.88 Å². The van der Waals surface area contributed by atoms with Crippen LogP contribution in [-0.4, -0.2) is 37.5 Å². The molecule has 1 saturated heterocycles. The van der Waals surface area contributed by atoms with E-state index in [0.717, 1.165) is 58.9 Å². The third-order valence-electron chi connectivity index (χ3n) is 4.44. The van der Waals surface area contributed by atoms with Crippen molar-refractivity contribution in [3.63, 3.8) is 0 Å². The Bertz CT molecular complexity index is 905. The summed E-state index contributed by atoms with van der Waals surface area (Å²) in [5.74, 6) is 1.77. The van der Waals surface area contributed by atoms with Crippen LogP contribution in [0, 0.1) is 0 Å². The number of carbonyl (C=O) groups excluding carboxylic acids is 1. The quantitative estimate of drug-likeness (QED) is 0.610. The van der Waals surface area contributed by atoms with E-state index in [0.29, 0.717) is 0 Å².